The maximum Gasteiger partial charge on any atom is 0.271 e. The Labute approximate surface area is 173 Å². The average molecular weight is 410 g/mol. The second-order valence-corrected chi connectivity index (χ2v) is 7.40. The van der Waals surface area contributed by atoms with Gasteiger partial charge in [0, 0.05) is 47.7 Å². The van der Waals surface area contributed by atoms with E-state index in [2.05, 4.69) is 20.5 Å². The number of benzene rings is 1. The van der Waals surface area contributed by atoms with E-state index in [0.29, 0.717) is 42.3 Å². The number of carbonyl (C=O) groups is 2. The van der Waals surface area contributed by atoms with Gasteiger partial charge in [-0.15, -0.1) is 0 Å². The summed E-state index contributed by atoms with van der Waals surface area (Å²) >= 11 is 5.87. The maximum atomic E-state index is 12.8. The highest BCUT2D eigenvalue weighted by Crippen LogP contribution is 2.23. The number of piperidine rings is 1. The van der Waals surface area contributed by atoms with Crippen LogP contribution in [0.5, 0.6) is 0 Å². The lowest BCUT2D eigenvalue weighted by Gasteiger charge is -2.31. The molecule has 4 rings (SSSR count). The Bertz CT molecular complexity index is 995. The predicted molar refractivity (Wildman–Crippen MR) is 111 cm³/mol. The molecule has 1 saturated heterocycles. The number of hydrogen-bond donors (Lipinski definition) is 2. The van der Waals surface area contributed by atoms with E-state index in [0.717, 1.165) is 11.3 Å². The summed E-state index contributed by atoms with van der Waals surface area (Å²) in [7, 11) is 0. The molecule has 0 spiro atoms. The Kier molecular flexibility index (Phi) is 5.57. The molecule has 2 N–H and O–H groups in total. The van der Waals surface area contributed by atoms with Crippen molar-refractivity contribution in [1.82, 2.24) is 20.1 Å². The third-order valence-electron chi connectivity index (χ3n) is 5.05. The molecular formula is C21H20ClN5O2. The van der Waals surface area contributed by atoms with Crippen molar-refractivity contribution < 1.29 is 9.59 Å². The number of amides is 2. The molecule has 8 heteroatoms. The molecule has 2 amide bonds. The third kappa shape index (κ3) is 4.46. The van der Waals surface area contributed by atoms with E-state index in [4.69, 9.17) is 11.6 Å². The summed E-state index contributed by atoms with van der Waals surface area (Å²) < 4.78 is 0. The quantitative estimate of drug-likeness (QED) is 0.688. The van der Waals surface area contributed by atoms with Gasteiger partial charge in [-0.2, -0.15) is 5.10 Å². The van der Waals surface area contributed by atoms with E-state index < -0.39 is 0 Å². The van der Waals surface area contributed by atoms with Crippen molar-refractivity contribution in [3.8, 4) is 11.3 Å². The number of carbonyl (C=O) groups excluding carboxylic acids is 2. The summed E-state index contributed by atoms with van der Waals surface area (Å²) in [5.74, 6) is -0.251. The normalized spacial score (nSPS) is 14.6. The Morgan fingerprint density at radius 2 is 1.76 bits per heavy atom. The third-order valence-corrected chi connectivity index (χ3v) is 5.30. The number of rotatable bonds is 4. The number of likely N-dealkylation sites (tertiary alicyclic amines) is 1. The number of aromatic amines is 1. The molecule has 0 unspecified atom stereocenters. The molecule has 7 nitrogen and oxygen atoms in total. The zero-order valence-corrected chi connectivity index (χ0v) is 16.4. The number of nitrogens with one attached hydrogen (secondary N) is 2. The molecule has 0 atom stereocenters. The molecule has 0 radical (unpaired) electrons. The molecule has 148 valence electrons. The molecule has 1 aromatic carbocycles. The van der Waals surface area contributed by atoms with E-state index in [1.54, 1.807) is 47.6 Å². The van der Waals surface area contributed by atoms with Crippen LogP contribution in [0.2, 0.25) is 5.02 Å². The fraction of sp³-hybridized carbons (Fsp3) is 0.238. The number of aromatic nitrogens is 3. The van der Waals surface area contributed by atoms with Crippen molar-refractivity contribution in [2.45, 2.75) is 12.8 Å². The van der Waals surface area contributed by atoms with Gasteiger partial charge < -0.3 is 10.2 Å². The van der Waals surface area contributed by atoms with Gasteiger partial charge in [0.1, 0.15) is 5.69 Å². The predicted octanol–water partition coefficient (Wildman–Crippen LogP) is 3.62. The summed E-state index contributed by atoms with van der Waals surface area (Å²) in [6.45, 7) is 1.06. The van der Waals surface area contributed by atoms with Crippen LogP contribution in [0.4, 0.5) is 5.69 Å². The lowest BCUT2D eigenvalue weighted by atomic mass is 9.95. The number of halogens is 1. The van der Waals surface area contributed by atoms with Crippen molar-refractivity contribution in [2.75, 3.05) is 18.4 Å². The maximum absolute atomic E-state index is 12.8. The minimum atomic E-state index is -0.121. The first-order chi connectivity index (χ1) is 14.1. The van der Waals surface area contributed by atoms with Gasteiger partial charge in [0.05, 0.1) is 5.69 Å². The number of hydrogen-bond acceptors (Lipinski definition) is 4. The first-order valence-electron chi connectivity index (χ1n) is 9.41. The largest absolute Gasteiger partial charge is 0.337 e. The Morgan fingerprint density at radius 1 is 1.07 bits per heavy atom. The van der Waals surface area contributed by atoms with Crippen LogP contribution >= 0.6 is 11.6 Å². The van der Waals surface area contributed by atoms with Gasteiger partial charge in [0.15, 0.2) is 0 Å². The van der Waals surface area contributed by atoms with Gasteiger partial charge in [-0.25, -0.2) is 0 Å². The van der Waals surface area contributed by atoms with Gasteiger partial charge >= 0.3 is 0 Å². The van der Waals surface area contributed by atoms with E-state index in [1.165, 1.54) is 0 Å². The lowest BCUT2D eigenvalue weighted by molar-refractivity contribution is -0.121. The van der Waals surface area contributed by atoms with Gasteiger partial charge in [0.2, 0.25) is 5.91 Å². The summed E-state index contributed by atoms with van der Waals surface area (Å²) in [6.07, 6.45) is 4.61. The van der Waals surface area contributed by atoms with Crippen molar-refractivity contribution in [1.29, 1.82) is 0 Å². The molecule has 3 aromatic rings. The second kappa shape index (κ2) is 8.45. The fourth-order valence-corrected chi connectivity index (χ4v) is 3.52. The van der Waals surface area contributed by atoms with Crippen LogP contribution < -0.4 is 5.32 Å². The van der Waals surface area contributed by atoms with Crippen LogP contribution in [-0.4, -0.2) is 45.0 Å². The van der Waals surface area contributed by atoms with Crippen LogP contribution in [0.25, 0.3) is 11.3 Å². The van der Waals surface area contributed by atoms with Crippen LogP contribution in [0, 0.1) is 5.92 Å². The summed E-state index contributed by atoms with van der Waals surface area (Å²) in [6, 6.07) is 12.5. The average Bonchev–Trinajstić information content (AvgIpc) is 3.26. The molecule has 2 aromatic heterocycles. The number of nitrogens with zero attached hydrogens (tertiary/aromatic N) is 3. The standard InChI is InChI=1S/C21H20ClN5O2/c22-16-1-3-17(4-2-16)24-20(28)15-7-11-27(12-8-15)21(29)19-13-18(25-26-19)14-5-9-23-10-6-14/h1-6,9-10,13,15H,7-8,11-12H2,(H,24,28)(H,25,26). The monoisotopic (exact) mass is 409 g/mol. The first-order valence-corrected chi connectivity index (χ1v) is 9.79. The molecule has 0 aliphatic carbocycles. The van der Waals surface area contributed by atoms with Crippen LogP contribution in [-0.2, 0) is 4.79 Å². The smallest absolute Gasteiger partial charge is 0.271 e. The fourth-order valence-electron chi connectivity index (χ4n) is 3.39. The zero-order chi connectivity index (χ0) is 20.2. The van der Waals surface area contributed by atoms with E-state index >= 15 is 0 Å². The topological polar surface area (TPSA) is 91.0 Å². The highest BCUT2D eigenvalue weighted by Gasteiger charge is 2.28. The van der Waals surface area contributed by atoms with E-state index in [1.807, 2.05) is 12.1 Å². The molecule has 3 heterocycles. The van der Waals surface area contributed by atoms with Crippen molar-refractivity contribution in [3.63, 3.8) is 0 Å². The number of H-pyrrole nitrogens is 1. The molecule has 0 bridgehead atoms. The Morgan fingerprint density at radius 3 is 2.45 bits per heavy atom. The van der Waals surface area contributed by atoms with E-state index in [-0.39, 0.29) is 17.7 Å². The number of pyridine rings is 1. The van der Waals surface area contributed by atoms with Crippen LogP contribution in [0.1, 0.15) is 23.3 Å². The Hall–Kier alpha value is -3.19. The zero-order valence-electron chi connectivity index (χ0n) is 15.6. The first kappa shape index (κ1) is 19.1. The molecule has 1 aliphatic heterocycles. The molecule has 0 saturated carbocycles. The van der Waals surface area contributed by atoms with Crippen LogP contribution in [0.3, 0.4) is 0 Å². The highest BCUT2D eigenvalue weighted by molar-refractivity contribution is 6.30. The van der Waals surface area contributed by atoms with Gasteiger partial charge in [-0.1, -0.05) is 11.6 Å². The van der Waals surface area contributed by atoms with Crippen molar-refractivity contribution in [2.24, 2.45) is 5.92 Å². The van der Waals surface area contributed by atoms with Crippen LogP contribution in [0.15, 0.2) is 54.9 Å². The minimum absolute atomic E-state index is 0.0269. The highest BCUT2D eigenvalue weighted by atomic mass is 35.5. The van der Waals surface area contributed by atoms with Crippen molar-refractivity contribution >= 4 is 29.1 Å². The molecular weight excluding hydrogens is 390 g/mol. The lowest BCUT2D eigenvalue weighted by Crippen LogP contribution is -2.41. The molecule has 1 aliphatic rings. The Balaban J connectivity index is 1.33. The molecule has 1 fully saturated rings. The van der Waals surface area contributed by atoms with Crippen molar-refractivity contribution in [3.05, 3.63) is 65.6 Å². The van der Waals surface area contributed by atoms with Gasteiger partial charge in [0.25, 0.3) is 5.91 Å². The number of anilines is 1. The van der Waals surface area contributed by atoms with E-state index in [9.17, 15) is 9.59 Å². The summed E-state index contributed by atoms with van der Waals surface area (Å²) in [5, 5.41) is 10.6. The van der Waals surface area contributed by atoms with Gasteiger partial charge in [-0.05, 0) is 55.3 Å². The molecule has 29 heavy (non-hydrogen) atoms. The van der Waals surface area contributed by atoms with Gasteiger partial charge in [-0.3, -0.25) is 19.7 Å². The second-order valence-electron chi connectivity index (χ2n) is 6.97. The summed E-state index contributed by atoms with van der Waals surface area (Å²) in [4.78, 5) is 31.0. The summed E-state index contributed by atoms with van der Waals surface area (Å²) in [5.41, 5.74) is 2.76. The minimum Gasteiger partial charge on any atom is -0.337 e. The SMILES string of the molecule is O=C(Nc1ccc(Cl)cc1)C1CCN(C(=O)c2cc(-c3ccncc3)n[nH]2)CC1.